The summed E-state index contributed by atoms with van der Waals surface area (Å²) in [5.74, 6) is -0.305. The number of halogens is 2. The van der Waals surface area contributed by atoms with Crippen molar-refractivity contribution in [1.29, 1.82) is 0 Å². The third-order valence-corrected chi connectivity index (χ3v) is 4.64. The number of nitrogens with one attached hydrogen (secondary N) is 2. The molecule has 0 saturated carbocycles. The van der Waals surface area contributed by atoms with Crippen LogP contribution in [0.5, 0.6) is 0 Å². The van der Waals surface area contributed by atoms with E-state index in [1.807, 2.05) is 18.4 Å². The highest BCUT2D eigenvalue weighted by atomic mass is 35.5. The summed E-state index contributed by atoms with van der Waals surface area (Å²) in [5.41, 5.74) is 17.6. The number of amides is 1. The topological polar surface area (TPSA) is 119 Å². The molecule has 0 spiro atoms. The van der Waals surface area contributed by atoms with Crippen molar-refractivity contribution in [2.75, 3.05) is 17.4 Å². The first kappa shape index (κ1) is 18.6. The lowest BCUT2D eigenvalue weighted by Crippen LogP contribution is -2.44. The van der Waals surface area contributed by atoms with Crippen LogP contribution in [-0.4, -0.2) is 28.4 Å². The first-order valence-corrected chi connectivity index (χ1v) is 8.81. The quantitative estimate of drug-likeness (QED) is 0.443. The molecule has 1 aromatic heterocycles. The van der Waals surface area contributed by atoms with Gasteiger partial charge >= 0.3 is 0 Å². The number of rotatable bonds is 6. The maximum atomic E-state index is 12.1. The Bertz CT molecular complexity index is 745. The summed E-state index contributed by atoms with van der Waals surface area (Å²) < 4.78 is 0. The van der Waals surface area contributed by atoms with Gasteiger partial charge in [0.15, 0.2) is 5.82 Å². The van der Waals surface area contributed by atoms with Crippen LogP contribution in [0.4, 0.5) is 11.5 Å². The monoisotopic (exact) mass is 386 g/mol. The van der Waals surface area contributed by atoms with E-state index in [1.165, 1.54) is 6.20 Å². The van der Waals surface area contributed by atoms with Crippen LogP contribution in [-0.2, 0) is 11.2 Å². The Morgan fingerprint density at radius 2 is 2.17 bits per heavy atom. The van der Waals surface area contributed by atoms with Gasteiger partial charge in [0.25, 0.3) is 5.91 Å². The summed E-state index contributed by atoms with van der Waals surface area (Å²) >= 11 is 13.7. The van der Waals surface area contributed by atoms with Crippen molar-refractivity contribution in [2.45, 2.75) is 17.4 Å². The van der Waals surface area contributed by atoms with Crippen molar-refractivity contribution in [3.63, 3.8) is 0 Å². The number of thioether (sulfide) groups is 1. The Morgan fingerprint density at radius 3 is 2.88 bits per heavy atom. The molecule has 6 N–H and O–H groups in total. The average molecular weight is 387 g/mol. The lowest BCUT2D eigenvalue weighted by Gasteiger charge is -2.15. The van der Waals surface area contributed by atoms with E-state index in [4.69, 9.17) is 34.7 Å². The lowest BCUT2D eigenvalue weighted by molar-refractivity contribution is -0.121. The van der Waals surface area contributed by atoms with Crippen molar-refractivity contribution >= 4 is 52.4 Å². The van der Waals surface area contributed by atoms with E-state index in [1.54, 1.807) is 17.8 Å². The van der Waals surface area contributed by atoms with E-state index in [-0.39, 0.29) is 22.9 Å². The SMILES string of the molecule is CSc1ccc(Cl)c(CC(N)C(=O)NNc2nncc(N)c2Cl)c1. The molecule has 2 aromatic rings. The van der Waals surface area contributed by atoms with Crippen molar-refractivity contribution < 1.29 is 4.79 Å². The Morgan fingerprint density at radius 1 is 1.42 bits per heavy atom. The van der Waals surface area contributed by atoms with Crippen LogP contribution in [0, 0.1) is 0 Å². The molecule has 1 amide bonds. The zero-order valence-electron chi connectivity index (χ0n) is 12.7. The molecular weight excluding hydrogens is 371 g/mol. The maximum absolute atomic E-state index is 12.1. The minimum atomic E-state index is -0.806. The molecule has 128 valence electrons. The smallest absolute Gasteiger partial charge is 0.255 e. The molecule has 24 heavy (non-hydrogen) atoms. The third-order valence-electron chi connectivity index (χ3n) is 3.15. The fourth-order valence-corrected chi connectivity index (χ4v) is 2.64. The van der Waals surface area contributed by atoms with Crippen LogP contribution in [0.3, 0.4) is 0 Å². The van der Waals surface area contributed by atoms with Crippen LogP contribution in [0.25, 0.3) is 0 Å². The Hall–Kier alpha value is -1.74. The highest BCUT2D eigenvalue weighted by Gasteiger charge is 2.17. The van der Waals surface area contributed by atoms with Crippen LogP contribution in [0.1, 0.15) is 5.56 Å². The summed E-state index contributed by atoms with van der Waals surface area (Å²) in [6, 6.07) is 4.80. The number of carbonyl (C=O) groups is 1. The van der Waals surface area contributed by atoms with E-state index in [2.05, 4.69) is 21.0 Å². The van der Waals surface area contributed by atoms with Gasteiger partial charge < -0.3 is 11.5 Å². The highest BCUT2D eigenvalue weighted by Crippen LogP contribution is 2.24. The third kappa shape index (κ3) is 4.64. The largest absolute Gasteiger partial charge is 0.396 e. The first-order valence-electron chi connectivity index (χ1n) is 6.83. The molecule has 0 aliphatic heterocycles. The van der Waals surface area contributed by atoms with Crippen molar-refractivity contribution in [1.82, 2.24) is 15.6 Å². The van der Waals surface area contributed by atoms with Crippen molar-refractivity contribution in [3.05, 3.63) is 40.0 Å². The highest BCUT2D eigenvalue weighted by molar-refractivity contribution is 7.98. The second-order valence-electron chi connectivity index (χ2n) is 4.84. The van der Waals surface area contributed by atoms with Gasteiger partial charge in [0.2, 0.25) is 0 Å². The number of carbonyl (C=O) groups excluding carboxylic acids is 1. The number of hydrogen-bond acceptors (Lipinski definition) is 7. The number of benzene rings is 1. The summed E-state index contributed by atoms with van der Waals surface area (Å²) in [5, 5.41) is 8.11. The van der Waals surface area contributed by atoms with Gasteiger partial charge in [-0.25, -0.2) is 0 Å². The number of aromatic nitrogens is 2. The maximum Gasteiger partial charge on any atom is 0.255 e. The lowest BCUT2D eigenvalue weighted by atomic mass is 10.1. The Balaban J connectivity index is 1.98. The van der Waals surface area contributed by atoms with Crippen molar-refractivity contribution in [3.8, 4) is 0 Å². The average Bonchev–Trinajstić information content (AvgIpc) is 2.57. The van der Waals surface area contributed by atoms with Gasteiger partial charge in [0, 0.05) is 9.92 Å². The molecule has 0 saturated heterocycles. The molecule has 0 radical (unpaired) electrons. The number of nitrogen functional groups attached to an aromatic ring is 1. The van der Waals surface area contributed by atoms with Gasteiger partial charge in [0.05, 0.1) is 17.9 Å². The molecule has 7 nitrogen and oxygen atoms in total. The molecule has 10 heteroatoms. The van der Waals surface area contributed by atoms with E-state index >= 15 is 0 Å². The molecule has 0 bridgehead atoms. The van der Waals surface area contributed by atoms with E-state index in [0.29, 0.717) is 5.02 Å². The fraction of sp³-hybridized carbons (Fsp3) is 0.214. The Labute approximate surface area is 153 Å². The van der Waals surface area contributed by atoms with Gasteiger partial charge in [-0.15, -0.1) is 16.9 Å². The van der Waals surface area contributed by atoms with Gasteiger partial charge in [-0.3, -0.25) is 15.6 Å². The zero-order valence-corrected chi connectivity index (χ0v) is 15.0. The standard InChI is InChI=1S/C14H16Cl2N6OS/c1-24-8-2-3-9(15)7(4-8)5-10(17)14(23)22-21-13-12(16)11(18)6-19-20-13/h2-4,6,10H,5,17H2,1H3,(H,22,23)(H3,18,20,21). The van der Waals surface area contributed by atoms with Crippen LogP contribution < -0.4 is 22.3 Å². The van der Waals surface area contributed by atoms with Crippen LogP contribution in [0.2, 0.25) is 10.0 Å². The van der Waals surface area contributed by atoms with E-state index < -0.39 is 11.9 Å². The van der Waals surface area contributed by atoms with Crippen LogP contribution >= 0.6 is 35.0 Å². The summed E-state index contributed by atoms with van der Waals surface area (Å²) in [6.07, 6.45) is 3.55. The fourth-order valence-electron chi connectivity index (χ4n) is 1.84. The van der Waals surface area contributed by atoms with Gasteiger partial charge in [-0.05, 0) is 36.4 Å². The van der Waals surface area contributed by atoms with Gasteiger partial charge in [-0.1, -0.05) is 23.2 Å². The van der Waals surface area contributed by atoms with Gasteiger partial charge in [0.1, 0.15) is 5.02 Å². The van der Waals surface area contributed by atoms with E-state index in [0.717, 1.165) is 10.5 Å². The first-order chi connectivity index (χ1) is 11.4. The normalized spacial score (nSPS) is 11.8. The van der Waals surface area contributed by atoms with Crippen LogP contribution in [0.15, 0.2) is 29.3 Å². The second kappa shape index (κ2) is 8.39. The minimum absolute atomic E-state index is 0.139. The Kier molecular flexibility index (Phi) is 6.50. The molecule has 0 aliphatic rings. The number of anilines is 2. The second-order valence-corrected chi connectivity index (χ2v) is 6.51. The predicted molar refractivity (Wildman–Crippen MR) is 98.1 cm³/mol. The summed E-state index contributed by atoms with van der Waals surface area (Å²) in [4.78, 5) is 13.2. The summed E-state index contributed by atoms with van der Waals surface area (Å²) in [7, 11) is 0. The molecule has 2 rings (SSSR count). The predicted octanol–water partition coefficient (Wildman–Crippen LogP) is 2.10. The molecular formula is C14H16Cl2N6OS. The molecule has 0 fully saturated rings. The molecule has 0 aliphatic carbocycles. The van der Waals surface area contributed by atoms with Crippen molar-refractivity contribution in [2.24, 2.45) is 5.73 Å². The number of hydrogen-bond donors (Lipinski definition) is 4. The van der Waals surface area contributed by atoms with E-state index in [9.17, 15) is 4.79 Å². The summed E-state index contributed by atoms with van der Waals surface area (Å²) in [6.45, 7) is 0. The number of hydrazine groups is 1. The number of nitrogens with two attached hydrogens (primary N) is 2. The zero-order chi connectivity index (χ0) is 17.7. The minimum Gasteiger partial charge on any atom is -0.396 e. The molecule has 1 unspecified atom stereocenters. The number of nitrogens with zero attached hydrogens (tertiary/aromatic N) is 2. The molecule has 1 atom stereocenters. The molecule has 1 aromatic carbocycles. The molecule has 1 heterocycles. The van der Waals surface area contributed by atoms with Gasteiger partial charge in [-0.2, -0.15) is 5.10 Å².